The number of rotatable bonds is 3. The first-order valence-corrected chi connectivity index (χ1v) is 12.0. The van der Waals surface area contributed by atoms with Gasteiger partial charge in [-0.2, -0.15) is 0 Å². The van der Waals surface area contributed by atoms with Crippen molar-refractivity contribution in [2.75, 3.05) is 4.90 Å². The van der Waals surface area contributed by atoms with Gasteiger partial charge in [-0.15, -0.1) is 0 Å². The van der Waals surface area contributed by atoms with E-state index in [2.05, 4.69) is 72.7 Å². The number of carbonyl (C=O) groups is 2. The lowest BCUT2D eigenvalue weighted by atomic mass is 9.63. The molecule has 2 aliphatic rings. The van der Waals surface area contributed by atoms with Gasteiger partial charge in [-0.3, -0.25) is 14.5 Å². The van der Waals surface area contributed by atoms with Crippen molar-refractivity contribution < 1.29 is 9.59 Å². The highest BCUT2D eigenvalue weighted by Gasteiger charge is 2.49. The second kappa shape index (κ2) is 7.23. The molecule has 0 saturated carbocycles. The van der Waals surface area contributed by atoms with Gasteiger partial charge < -0.3 is 0 Å². The molecule has 4 heteroatoms. The summed E-state index contributed by atoms with van der Waals surface area (Å²) >= 11 is 1.16. The largest absolute Gasteiger partial charge is 0.306 e. The zero-order valence-corrected chi connectivity index (χ0v) is 20.5. The van der Waals surface area contributed by atoms with Gasteiger partial charge in [0, 0.05) is 11.1 Å². The van der Waals surface area contributed by atoms with Crippen LogP contribution < -0.4 is 4.90 Å². The van der Waals surface area contributed by atoms with Crippen LogP contribution in [0.25, 0.3) is 0 Å². The average Bonchev–Trinajstić information content (AvgIpc) is 3.01. The Labute approximate surface area is 190 Å². The number of hydrogen-bond donors (Lipinski definition) is 0. The molecular formula is C27H33NO2S. The van der Waals surface area contributed by atoms with E-state index in [0.717, 1.165) is 41.4 Å². The molecule has 1 atom stereocenters. The Kier molecular flexibility index (Phi) is 5.16. The third-order valence-corrected chi connectivity index (χ3v) is 8.82. The first-order valence-electron chi connectivity index (χ1n) is 11.1. The topological polar surface area (TPSA) is 37.4 Å². The number of thioether (sulfide) groups is 1. The summed E-state index contributed by atoms with van der Waals surface area (Å²) in [6.45, 7) is 15.5. The Morgan fingerprint density at radius 2 is 1.48 bits per heavy atom. The Balaban J connectivity index is 1.88. The molecule has 3 nitrogen and oxygen atoms in total. The van der Waals surface area contributed by atoms with Crippen molar-refractivity contribution in [2.24, 2.45) is 0 Å². The molecule has 0 radical (unpaired) electrons. The molecule has 4 rings (SSSR count). The van der Waals surface area contributed by atoms with E-state index in [-0.39, 0.29) is 26.7 Å². The van der Waals surface area contributed by atoms with Crippen LogP contribution in [-0.2, 0) is 25.8 Å². The zero-order chi connectivity index (χ0) is 22.8. The van der Waals surface area contributed by atoms with Crippen LogP contribution >= 0.6 is 11.8 Å². The molecule has 1 aliphatic carbocycles. The molecule has 0 aromatic heterocycles. The first kappa shape index (κ1) is 22.1. The summed E-state index contributed by atoms with van der Waals surface area (Å²) in [7, 11) is 0. The molecule has 2 aromatic carbocycles. The van der Waals surface area contributed by atoms with Gasteiger partial charge in [0.05, 0.1) is 0 Å². The molecule has 31 heavy (non-hydrogen) atoms. The second-order valence-electron chi connectivity index (χ2n) is 11.0. The third kappa shape index (κ3) is 3.53. The number of fused-ring (bicyclic) bond motifs is 1. The fourth-order valence-corrected chi connectivity index (χ4v) is 6.24. The van der Waals surface area contributed by atoms with Crippen LogP contribution in [0, 0.1) is 6.92 Å². The molecule has 164 valence electrons. The standard InChI is InChI=1S/C27H33NO2S/c1-17-15-19-20(26(4,5)14-13-25(19,2)3)16-21(17)28-22(29)23(30)31-24(28)27(6,7)18-11-9-8-10-12-18/h8-12,15-16,24H,13-14H2,1-7H3. The summed E-state index contributed by atoms with van der Waals surface area (Å²) in [6.07, 6.45) is 2.25. The van der Waals surface area contributed by atoms with Crippen LogP contribution in [0.15, 0.2) is 42.5 Å². The van der Waals surface area contributed by atoms with E-state index in [0.29, 0.717) is 0 Å². The van der Waals surface area contributed by atoms with Crippen molar-refractivity contribution in [3.05, 3.63) is 64.7 Å². The maximum absolute atomic E-state index is 13.2. The molecule has 0 spiro atoms. The Morgan fingerprint density at radius 3 is 2.06 bits per heavy atom. The fourth-order valence-electron chi connectivity index (χ4n) is 5.10. The first-order chi connectivity index (χ1) is 14.4. The average molecular weight is 436 g/mol. The molecule has 1 unspecified atom stereocenters. The van der Waals surface area contributed by atoms with Crippen molar-refractivity contribution in [1.29, 1.82) is 0 Å². The van der Waals surface area contributed by atoms with Crippen molar-refractivity contribution in [1.82, 2.24) is 0 Å². The van der Waals surface area contributed by atoms with Gasteiger partial charge >= 0.3 is 5.91 Å². The molecular weight excluding hydrogens is 402 g/mol. The number of hydrogen-bond acceptors (Lipinski definition) is 3. The van der Waals surface area contributed by atoms with E-state index in [1.807, 2.05) is 18.2 Å². The highest BCUT2D eigenvalue weighted by molar-refractivity contribution is 8.16. The van der Waals surface area contributed by atoms with Crippen molar-refractivity contribution in [3.63, 3.8) is 0 Å². The maximum atomic E-state index is 13.2. The highest BCUT2D eigenvalue weighted by Crippen LogP contribution is 2.50. The minimum Gasteiger partial charge on any atom is -0.291 e. The van der Waals surface area contributed by atoms with Crippen LogP contribution in [0.5, 0.6) is 0 Å². The molecule has 0 bridgehead atoms. The van der Waals surface area contributed by atoms with E-state index in [1.54, 1.807) is 4.90 Å². The fraction of sp³-hybridized carbons (Fsp3) is 0.481. The number of aryl methyl sites for hydroxylation is 1. The van der Waals surface area contributed by atoms with Crippen LogP contribution in [0.2, 0.25) is 0 Å². The van der Waals surface area contributed by atoms with E-state index in [9.17, 15) is 9.59 Å². The summed E-state index contributed by atoms with van der Waals surface area (Å²) in [5.74, 6) is -0.407. The normalized spacial score (nSPS) is 22.5. The van der Waals surface area contributed by atoms with Gasteiger partial charge in [0.15, 0.2) is 0 Å². The van der Waals surface area contributed by atoms with E-state index in [4.69, 9.17) is 0 Å². The van der Waals surface area contributed by atoms with Crippen molar-refractivity contribution >= 4 is 28.5 Å². The lowest BCUT2D eigenvalue weighted by Gasteiger charge is -2.43. The molecule has 1 amide bonds. The molecule has 1 aliphatic heterocycles. The minimum absolute atomic E-state index is 0.0394. The summed E-state index contributed by atoms with van der Waals surface area (Å²) < 4.78 is 0. The van der Waals surface area contributed by atoms with Crippen molar-refractivity contribution in [2.45, 2.75) is 82.9 Å². The monoisotopic (exact) mass is 435 g/mol. The number of nitrogens with zero attached hydrogens (tertiary/aromatic N) is 1. The Hall–Kier alpha value is -2.07. The van der Waals surface area contributed by atoms with Gasteiger partial charge in [-0.25, -0.2) is 0 Å². The van der Waals surface area contributed by atoms with Crippen molar-refractivity contribution in [3.8, 4) is 0 Å². The quantitative estimate of drug-likeness (QED) is 0.534. The van der Waals surface area contributed by atoms with Crippen LogP contribution in [-0.4, -0.2) is 16.4 Å². The minimum atomic E-state index is -0.407. The Morgan fingerprint density at radius 1 is 0.935 bits per heavy atom. The molecule has 2 aromatic rings. The molecule has 1 heterocycles. The van der Waals surface area contributed by atoms with Gasteiger partial charge in [-0.05, 0) is 58.9 Å². The van der Waals surface area contributed by atoms with E-state index >= 15 is 0 Å². The number of anilines is 1. The van der Waals surface area contributed by atoms with Crippen LogP contribution in [0.1, 0.15) is 76.6 Å². The van der Waals surface area contributed by atoms with E-state index < -0.39 is 5.91 Å². The SMILES string of the molecule is Cc1cc2c(cc1N1C(=O)C(=O)SC1C(C)(C)c1ccccc1)C(C)(C)CCC2(C)C. The lowest BCUT2D eigenvalue weighted by molar-refractivity contribution is -0.130. The summed E-state index contributed by atoms with van der Waals surface area (Å²) in [5, 5.41) is -0.655. The molecule has 0 N–H and O–H groups in total. The summed E-state index contributed by atoms with van der Waals surface area (Å²) in [5.41, 5.74) is 5.49. The van der Waals surface area contributed by atoms with Gasteiger partial charge in [0.2, 0.25) is 0 Å². The molecule has 1 saturated heterocycles. The van der Waals surface area contributed by atoms with Gasteiger partial charge in [-0.1, -0.05) is 89.7 Å². The number of carbonyl (C=O) groups excluding carboxylic acids is 2. The Bertz CT molecular complexity index is 1050. The number of benzene rings is 2. The highest BCUT2D eigenvalue weighted by atomic mass is 32.2. The predicted molar refractivity (Wildman–Crippen MR) is 130 cm³/mol. The van der Waals surface area contributed by atoms with Gasteiger partial charge in [0.25, 0.3) is 5.12 Å². The third-order valence-electron chi connectivity index (χ3n) is 7.41. The van der Waals surface area contributed by atoms with Crippen LogP contribution in [0.3, 0.4) is 0 Å². The lowest BCUT2D eigenvalue weighted by Crippen LogP contribution is -2.45. The zero-order valence-electron chi connectivity index (χ0n) is 19.7. The smallest absolute Gasteiger partial charge is 0.291 e. The van der Waals surface area contributed by atoms with Gasteiger partial charge in [0.1, 0.15) is 5.37 Å². The summed E-state index contributed by atoms with van der Waals surface area (Å²) in [6, 6.07) is 14.6. The van der Waals surface area contributed by atoms with Crippen LogP contribution in [0.4, 0.5) is 5.69 Å². The second-order valence-corrected chi connectivity index (χ2v) is 12.0. The van der Waals surface area contributed by atoms with E-state index in [1.165, 1.54) is 11.1 Å². The summed E-state index contributed by atoms with van der Waals surface area (Å²) in [4.78, 5) is 27.6. The number of amides is 1. The molecule has 1 fully saturated rings. The maximum Gasteiger partial charge on any atom is 0.306 e. The predicted octanol–water partition coefficient (Wildman–Crippen LogP) is 6.25.